The first-order valence-electron chi connectivity index (χ1n) is 6.49. The van der Waals surface area contributed by atoms with Gasteiger partial charge in [-0.25, -0.2) is 4.98 Å². The van der Waals surface area contributed by atoms with Gasteiger partial charge >= 0.3 is 0 Å². The Bertz CT molecular complexity index is 600. The van der Waals surface area contributed by atoms with Crippen LogP contribution in [0.5, 0.6) is 0 Å². The van der Waals surface area contributed by atoms with E-state index < -0.39 is 0 Å². The second kappa shape index (κ2) is 4.53. The van der Waals surface area contributed by atoms with E-state index in [9.17, 15) is 4.79 Å². The average molecular weight is 259 g/mol. The molecule has 6 heteroatoms. The third kappa shape index (κ3) is 2.14. The van der Waals surface area contributed by atoms with E-state index in [4.69, 9.17) is 0 Å². The number of anilines is 1. The van der Waals surface area contributed by atoms with E-state index in [1.54, 1.807) is 12.4 Å². The van der Waals surface area contributed by atoms with Crippen molar-refractivity contribution in [2.24, 2.45) is 5.92 Å². The van der Waals surface area contributed by atoms with Crippen LogP contribution >= 0.6 is 0 Å². The van der Waals surface area contributed by atoms with Crippen molar-refractivity contribution in [1.29, 1.82) is 0 Å². The van der Waals surface area contributed by atoms with Crippen LogP contribution < -0.4 is 10.2 Å². The highest BCUT2D eigenvalue weighted by Gasteiger charge is 2.30. The molecule has 1 saturated heterocycles. The predicted molar refractivity (Wildman–Crippen MR) is 72.0 cm³/mol. The van der Waals surface area contributed by atoms with Crippen molar-refractivity contribution in [1.82, 2.24) is 19.9 Å². The Kier molecular flexibility index (Phi) is 2.85. The molecule has 0 bridgehead atoms. The zero-order valence-electron chi connectivity index (χ0n) is 11.1. The number of hydrogen-bond acceptors (Lipinski definition) is 4. The number of nitrogens with zero attached hydrogens (tertiary/aromatic N) is 4. The summed E-state index contributed by atoms with van der Waals surface area (Å²) in [6.45, 7) is 5.44. The summed E-state index contributed by atoms with van der Waals surface area (Å²) in [6, 6.07) is 4.05. The molecule has 100 valence electrons. The molecule has 0 radical (unpaired) electrons. The third-order valence-electron chi connectivity index (χ3n) is 3.35. The van der Waals surface area contributed by atoms with E-state index in [0.29, 0.717) is 0 Å². The zero-order chi connectivity index (χ0) is 13.4. The molecule has 3 heterocycles. The molecule has 0 unspecified atom stereocenters. The van der Waals surface area contributed by atoms with Gasteiger partial charge in [0, 0.05) is 31.3 Å². The number of hydrogen-bond donors (Lipinski definition) is 1. The van der Waals surface area contributed by atoms with Crippen molar-refractivity contribution >= 4 is 17.4 Å². The minimum absolute atomic E-state index is 0.0350. The van der Waals surface area contributed by atoms with Crippen LogP contribution in [0.1, 0.15) is 13.8 Å². The van der Waals surface area contributed by atoms with Crippen LogP contribution in [0.3, 0.4) is 0 Å². The number of aromatic nitrogens is 3. The molecular formula is C13H17N5O. The van der Waals surface area contributed by atoms with E-state index in [2.05, 4.69) is 20.3 Å². The highest BCUT2D eigenvalue weighted by molar-refractivity contribution is 5.78. The van der Waals surface area contributed by atoms with Crippen LogP contribution in [0, 0.1) is 5.92 Å². The highest BCUT2D eigenvalue weighted by Crippen LogP contribution is 2.20. The summed E-state index contributed by atoms with van der Waals surface area (Å²) in [6.07, 6.45) is 3.52. The lowest BCUT2D eigenvalue weighted by atomic mass is 10.1. The van der Waals surface area contributed by atoms with Gasteiger partial charge in [0.2, 0.25) is 5.91 Å². The maximum atomic E-state index is 11.6. The quantitative estimate of drug-likeness (QED) is 0.881. The number of rotatable bonds is 3. The highest BCUT2D eigenvalue weighted by atomic mass is 16.1. The molecule has 19 heavy (non-hydrogen) atoms. The maximum absolute atomic E-state index is 11.6. The molecule has 2 aromatic heterocycles. The van der Waals surface area contributed by atoms with Crippen molar-refractivity contribution in [2.75, 3.05) is 18.0 Å². The van der Waals surface area contributed by atoms with Crippen LogP contribution in [0.15, 0.2) is 24.5 Å². The molecule has 1 aliphatic heterocycles. The monoisotopic (exact) mass is 259 g/mol. The summed E-state index contributed by atoms with van der Waals surface area (Å²) in [5.41, 5.74) is 0.840. The summed E-state index contributed by atoms with van der Waals surface area (Å²) < 4.78 is 1.82. The second-order valence-electron chi connectivity index (χ2n) is 5.17. The van der Waals surface area contributed by atoms with Crippen LogP contribution in [0.2, 0.25) is 0 Å². The van der Waals surface area contributed by atoms with Gasteiger partial charge in [-0.3, -0.25) is 4.79 Å². The molecule has 1 N–H and O–H groups in total. The first-order valence-corrected chi connectivity index (χ1v) is 6.49. The van der Waals surface area contributed by atoms with Crippen LogP contribution in [-0.2, 0) is 4.79 Å². The minimum atomic E-state index is 0.0350. The molecule has 0 spiro atoms. The smallest absolute Gasteiger partial charge is 0.222 e. The lowest BCUT2D eigenvalue weighted by Crippen LogP contribution is -2.60. The van der Waals surface area contributed by atoms with Gasteiger partial charge in [-0.05, 0) is 6.07 Å². The molecule has 1 fully saturated rings. The molecule has 6 nitrogen and oxygen atoms in total. The Morgan fingerprint density at radius 3 is 2.89 bits per heavy atom. The predicted octanol–water partition coefficient (Wildman–Crippen LogP) is 0.690. The van der Waals surface area contributed by atoms with Crippen LogP contribution in [-0.4, -0.2) is 39.6 Å². The second-order valence-corrected chi connectivity index (χ2v) is 5.17. The zero-order valence-corrected chi connectivity index (χ0v) is 11.1. The van der Waals surface area contributed by atoms with E-state index in [1.165, 1.54) is 0 Å². The normalized spacial score (nSPS) is 15.8. The topological polar surface area (TPSA) is 62.5 Å². The first-order chi connectivity index (χ1) is 9.15. The fourth-order valence-electron chi connectivity index (χ4n) is 2.19. The summed E-state index contributed by atoms with van der Waals surface area (Å²) in [7, 11) is 0. The molecule has 0 aromatic carbocycles. The molecule has 0 atom stereocenters. The number of nitrogens with one attached hydrogen (secondary N) is 1. The molecule has 3 rings (SSSR count). The lowest BCUT2D eigenvalue weighted by molar-refractivity contribution is -0.124. The maximum Gasteiger partial charge on any atom is 0.222 e. The van der Waals surface area contributed by atoms with E-state index >= 15 is 0 Å². The molecular weight excluding hydrogens is 242 g/mol. The van der Waals surface area contributed by atoms with E-state index in [1.807, 2.05) is 30.5 Å². The van der Waals surface area contributed by atoms with E-state index in [-0.39, 0.29) is 17.9 Å². The van der Waals surface area contributed by atoms with Gasteiger partial charge in [0.25, 0.3) is 0 Å². The largest absolute Gasteiger partial charge is 0.352 e. The Balaban J connectivity index is 1.67. The lowest BCUT2D eigenvalue weighted by Gasteiger charge is -2.41. The van der Waals surface area contributed by atoms with Gasteiger partial charge in [0.05, 0.1) is 12.2 Å². The van der Waals surface area contributed by atoms with Crippen LogP contribution in [0.4, 0.5) is 5.82 Å². The SMILES string of the molecule is CC(C)C(=O)NC1CN(c2ccnc3ccnn23)C1. The summed E-state index contributed by atoms with van der Waals surface area (Å²) in [4.78, 5) is 18.0. The third-order valence-corrected chi connectivity index (χ3v) is 3.35. The Morgan fingerprint density at radius 1 is 1.37 bits per heavy atom. The van der Waals surface area contributed by atoms with E-state index in [0.717, 1.165) is 24.6 Å². The van der Waals surface area contributed by atoms with Gasteiger partial charge in [0.1, 0.15) is 5.82 Å². The van der Waals surface area contributed by atoms with Gasteiger partial charge in [-0.1, -0.05) is 13.8 Å². The van der Waals surface area contributed by atoms with Crippen molar-refractivity contribution in [2.45, 2.75) is 19.9 Å². The fourth-order valence-corrected chi connectivity index (χ4v) is 2.19. The standard InChI is InChI=1S/C13H17N5O/c1-9(2)13(19)16-10-7-17(8-10)12-4-5-14-11-3-6-15-18(11)12/h3-6,9-10H,7-8H2,1-2H3,(H,16,19). The fraction of sp³-hybridized carbons (Fsp3) is 0.462. The molecule has 0 saturated carbocycles. The number of carbonyl (C=O) groups is 1. The van der Waals surface area contributed by atoms with Gasteiger partial charge < -0.3 is 10.2 Å². The van der Waals surface area contributed by atoms with Gasteiger partial charge in [-0.15, -0.1) is 0 Å². The first kappa shape index (κ1) is 12.0. The van der Waals surface area contributed by atoms with Crippen molar-refractivity contribution < 1.29 is 4.79 Å². The van der Waals surface area contributed by atoms with Gasteiger partial charge in [-0.2, -0.15) is 9.61 Å². The average Bonchev–Trinajstić information content (AvgIpc) is 2.81. The van der Waals surface area contributed by atoms with Crippen molar-refractivity contribution in [3.63, 3.8) is 0 Å². The summed E-state index contributed by atoms with van der Waals surface area (Å²) in [5, 5.41) is 7.29. The van der Waals surface area contributed by atoms with Gasteiger partial charge in [0.15, 0.2) is 5.65 Å². The number of amides is 1. The molecule has 0 aliphatic carbocycles. The minimum Gasteiger partial charge on any atom is -0.352 e. The molecule has 1 amide bonds. The summed E-state index contributed by atoms with van der Waals surface area (Å²) >= 11 is 0. The Labute approximate surface area is 111 Å². The van der Waals surface area contributed by atoms with Crippen LogP contribution in [0.25, 0.3) is 5.65 Å². The molecule has 1 aliphatic rings. The number of fused-ring (bicyclic) bond motifs is 1. The Hall–Kier alpha value is -2.11. The molecule has 2 aromatic rings. The number of carbonyl (C=O) groups excluding carboxylic acids is 1. The Morgan fingerprint density at radius 2 is 2.16 bits per heavy atom. The van der Waals surface area contributed by atoms with Crippen molar-refractivity contribution in [3.8, 4) is 0 Å². The van der Waals surface area contributed by atoms with Crippen molar-refractivity contribution in [3.05, 3.63) is 24.5 Å². The summed E-state index contributed by atoms with van der Waals surface area (Å²) in [5.74, 6) is 1.17.